The Morgan fingerprint density at radius 3 is 2.00 bits per heavy atom. The summed E-state index contributed by atoms with van der Waals surface area (Å²) in [6.45, 7) is 2.73. The summed E-state index contributed by atoms with van der Waals surface area (Å²) in [4.78, 5) is 33.3. The highest BCUT2D eigenvalue weighted by Gasteiger charge is 2.44. The van der Waals surface area contributed by atoms with E-state index in [2.05, 4.69) is 4.90 Å². The van der Waals surface area contributed by atoms with E-state index in [4.69, 9.17) is 9.47 Å². The van der Waals surface area contributed by atoms with Crippen LogP contribution in [0.1, 0.15) is 33.4 Å². The molecule has 2 amide bonds. The summed E-state index contributed by atoms with van der Waals surface area (Å²) in [6, 6.07) is 22.8. The number of piperazine rings is 1. The minimum absolute atomic E-state index is 0.0528. The summed E-state index contributed by atoms with van der Waals surface area (Å²) in [5.41, 5.74) is 3.42. The summed E-state index contributed by atoms with van der Waals surface area (Å²) in [5, 5.41) is 0. The minimum atomic E-state index is -0.482. The van der Waals surface area contributed by atoms with E-state index in [1.54, 1.807) is 26.2 Å². The van der Waals surface area contributed by atoms with Gasteiger partial charge in [-0.2, -0.15) is 0 Å². The van der Waals surface area contributed by atoms with E-state index < -0.39 is 12.0 Å². The normalized spacial score (nSPS) is 19.6. The lowest BCUT2D eigenvalue weighted by Crippen LogP contribution is -2.53. The molecule has 0 saturated carbocycles. The predicted molar refractivity (Wildman–Crippen MR) is 139 cm³/mol. The zero-order chi connectivity index (χ0) is 25.2. The number of nitrogens with zero attached hydrogens (tertiary/aromatic N) is 3. The van der Waals surface area contributed by atoms with E-state index >= 15 is 0 Å². The second kappa shape index (κ2) is 9.93. The molecule has 7 nitrogen and oxygen atoms in total. The van der Waals surface area contributed by atoms with Crippen molar-refractivity contribution < 1.29 is 19.1 Å². The lowest BCUT2D eigenvalue weighted by Gasteiger charge is -2.43. The van der Waals surface area contributed by atoms with Crippen molar-refractivity contribution in [3.8, 4) is 11.5 Å². The number of anilines is 1. The van der Waals surface area contributed by atoms with Crippen LogP contribution in [-0.2, 0) is 4.79 Å². The molecule has 0 spiro atoms. The van der Waals surface area contributed by atoms with E-state index in [1.807, 2.05) is 77.7 Å². The van der Waals surface area contributed by atoms with Crippen LogP contribution in [0.4, 0.5) is 5.69 Å². The van der Waals surface area contributed by atoms with Crippen LogP contribution in [0, 0.1) is 0 Å². The number of methoxy groups -OCH3 is 2. The quantitative estimate of drug-likeness (QED) is 0.548. The van der Waals surface area contributed by atoms with Crippen LogP contribution < -0.4 is 14.4 Å². The van der Waals surface area contributed by atoms with Gasteiger partial charge in [0.05, 0.1) is 26.2 Å². The molecule has 3 aromatic carbocycles. The van der Waals surface area contributed by atoms with Gasteiger partial charge in [0.25, 0.3) is 5.91 Å². The SMILES string of the molecule is COc1ccc([C@H]2[C@@H](C(=O)N3CCN(c4ccc(OC)cc4)CC3)c3ccccc3C(=O)N2C)cc1. The molecule has 2 heterocycles. The summed E-state index contributed by atoms with van der Waals surface area (Å²) >= 11 is 0. The number of fused-ring (bicyclic) bond motifs is 1. The molecule has 0 bridgehead atoms. The molecule has 186 valence electrons. The number of amides is 2. The average molecular weight is 486 g/mol. The van der Waals surface area contributed by atoms with Gasteiger partial charge in [-0.3, -0.25) is 9.59 Å². The fraction of sp³-hybridized carbons (Fsp3) is 0.310. The molecule has 36 heavy (non-hydrogen) atoms. The molecular formula is C29H31N3O4. The van der Waals surface area contributed by atoms with E-state index in [1.165, 1.54) is 0 Å². The zero-order valence-corrected chi connectivity index (χ0v) is 20.9. The third-order valence-corrected chi connectivity index (χ3v) is 7.33. The number of rotatable bonds is 5. The Bertz CT molecular complexity index is 1230. The highest BCUT2D eigenvalue weighted by Crippen LogP contribution is 2.43. The second-order valence-electron chi connectivity index (χ2n) is 9.21. The Balaban J connectivity index is 1.42. The van der Waals surface area contributed by atoms with E-state index in [0.29, 0.717) is 18.7 Å². The van der Waals surface area contributed by atoms with Gasteiger partial charge in [-0.25, -0.2) is 0 Å². The lowest BCUT2D eigenvalue weighted by molar-refractivity contribution is -0.134. The van der Waals surface area contributed by atoms with Gasteiger partial charge >= 0.3 is 0 Å². The highest BCUT2D eigenvalue weighted by atomic mass is 16.5. The molecule has 0 unspecified atom stereocenters. The maximum atomic E-state index is 14.1. The molecule has 5 rings (SSSR count). The van der Waals surface area contributed by atoms with Gasteiger partial charge in [-0.15, -0.1) is 0 Å². The first-order valence-corrected chi connectivity index (χ1v) is 12.2. The maximum Gasteiger partial charge on any atom is 0.254 e. The molecule has 0 aliphatic carbocycles. The Hall–Kier alpha value is -4.00. The molecular weight excluding hydrogens is 454 g/mol. The largest absolute Gasteiger partial charge is 0.497 e. The Kier molecular flexibility index (Phi) is 6.55. The number of carbonyl (C=O) groups is 2. The molecule has 0 radical (unpaired) electrons. The van der Waals surface area contributed by atoms with Crippen LogP contribution in [-0.4, -0.2) is 69.1 Å². The van der Waals surface area contributed by atoms with Gasteiger partial charge in [0.2, 0.25) is 5.91 Å². The zero-order valence-electron chi connectivity index (χ0n) is 20.9. The molecule has 0 aromatic heterocycles. The third-order valence-electron chi connectivity index (χ3n) is 7.33. The van der Waals surface area contributed by atoms with Crippen LogP contribution in [0.3, 0.4) is 0 Å². The van der Waals surface area contributed by atoms with Crippen molar-refractivity contribution >= 4 is 17.5 Å². The molecule has 7 heteroatoms. The van der Waals surface area contributed by atoms with Crippen LogP contribution in [0.25, 0.3) is 0 Å². The van der Waals surface area contributed by atoms with E-state index in [9.17, 15) is 9.59 Å². The fourth-order valence-electron chi connectivity index (χ4n) is 5.33. The van der Waals surface area contributed by atoms with Crippen molar-refractivity contribution in [2.24, 2.45) is 0 Å². The first kappa shape index (κ1) is 23.7. The van der Waals surface area contributed by atoms with Crippen LogP contribution in [0.15, 0.2) is 72.8 Å². The van der Waals surface area contributed by atoms with Crippen molar-refractivity contribution in [2.75, 3.05) is 52.3 Å². The van der Waals surface area contributed by atoms with Gasteiger partial charge in [0, 0.05) is 44.5 Å². The van der Waals surface area contributed by atoms with Crippen LogP contribution in [0.2, 0.25) is 0 Å². The van der Waals surface area contributed by atoms with Crippen molar-refractivity contribution in [3.63, 3.8) is 0 Å². The fourth-order valence-corrected chi connectivity index (χ4v) is 5.33. The molecule has 1 saturated heterocycles. The minimum Gasteiger partial charge on any atom is -0.497 e. The molecule has 2 aliphatic heterocycles. The third kappa shape index (κ3) is 4.26. The molecule has 3 aromatic rings. The van der Waals surface area contributed by atoms with E-state index in [-0.39, 0.29) is 11.8 Å². The second-order valence-corrected chi connectivity index (χ2v) is 9.21. The van der Waals surface area contributed by atoms with Gasteiger partial charge in [-0.05, 0) is 53.6 Å². The molecule has 0 N–H and O–H groups in total. The number of ether oxygens (including phenoxy) is 2. The average Bonchev–Trinajstić information content (AvgIpc) is 2.94. The number of hydrogen-bond acceptors (Lipinski definition) is 5. The Morgan fingerprint density at radius 1 is 0.806 bits per heavy atom. The standard InChI is InChI=1S/C29H31N3O4/c1-30-27(20-8-12-22(35-2)13-9-20)26(24-6-4-5-7-25(24)28(30)33)29(34)32-18-16-31(17-19-32)21-10-14-23(36-3)15-11-21/h4-15,26-27H,16-19H2,1-3H3/t26-,27-/m0/s1. The van der Waals surface area contributed by atoms with Crippen molar-refractivity contribution in [1.82, 2.24) is 9.80 Å². The first-order chi connectivity index (χ1) is 17.5. The predicted octanol–water partition coefficient (Wildman–Crippen LogP) is 3.96. The van der Waals surface area contributed by atoms with Crippen LogP contribution in [0.5, 0.6) is 11.5 Å². The maximum absolute atomic E-state index is 14.1. The van der Waals surface area contributed by atoms with Gasteiger partial charge in [0.1, 0.15) is 11.5 Å². The summed E-state index contributed by atoms with van der Waals surface area (Å²) in [5.74, 6) is 1.06. The summed E-state index contributed by atoms with van der Waals surface area (Å²) in [7, 11) is 5.07. The van der Waals surface area contributed by atoms with Crippen molar-refractivity contribution in [1.29, 1.82) is 0 Å². The number of carbonyl (C=O) groups excluding carboxylic acids is 2. The number of likely N-dealkylation sites (N-methyl/N-ethyl adjacent to an activating group) is 1. The lowest BCUT2D eigenvalue weighted by atomic mass is 9.79. The van der Waals surface area contributed by atoms with E-state index in [0.717, 1.165) is 41.4 Å². The smallest absolute Gasteiger partial charge is 0.254 e. The topological polar surface area (TPSA) is 62.3 Å². The highest BCUT2D eigenvalue weighted by molar-refractivity contribution is 6.01. The van der Waals surface area contributed by atoms with Gasteiger partial charge < -0.3 is 24.2 Å². The van der Waals surface area contributed by atoms with Crippen LogP contribution >= 0.6 is 0 Å². The Labute approximate surface area is 211 Å². The molecule has 2 atom stereocenters. The first-order valence-electron chi connectivity index (χ1n) is 12.2. The monoisotopic (exact) mass is 485 g/mol. The summed E-state index contributed by atoms with van der Waals surface area (Å²) in [6.07, 6.45) is 0. The summed E-state index contributed by atoms with van der Waals surface area (Å²) < 4.78 is 10.6. The number of hydrogen-bond donors (Lipinski definition) is 0. The molecule has 1 fully saturated rings. The molecule has 2 aliphatic rings. The van der Waals surface area contributed by atoms with Gasteiger partial charge in [0.15, 0.2) is 0 Å². The number of benzene rings is 3. The Morgan fingerprint density at radius 2 is 1.39 bits per heavy atom. The van der Waals surface area contributed by atoms with Crippen molar-refractivity contribution in [2.45, 2.75) is 12.0 Å². The van der Waals surface area contributed by atoms with Gasteiger partial charge in [-0.1, -0.05) is 30.3 Å². The van der Waals surface area contributed by atoms with Crippen molar-refractivity contribution in [3.05, 3.63) is 89.5 Å².